The van der Waals surface area contributed by atoms with Crippen LogP contribution in [-0.2, 0) is 10.0 Å². The molecule has 1 aromatic heterocycles. The van der Waals surface area contributed by atoms with Crippen molar-refractivity contribution in [2.24, 2.45) is 0 Å². The first-order valence-electron chi connectivity index (χ1n) is 4.95. The molecule has 0 atom stereocenters. The van der Waals surface area contributed by atoms with Crippen molar-refractivity contribution in [3.05, 3.63) is 40.0 Å². The summed E-state index contributed by atoms with van der Waals surface area (Å²) < 4.78 is 26.9. The smallest absolute Gasteiger partial charge is 0.264 e. The first kappa shape index (κ1) is 14.0. The van der Waals surface area contributed by atoms with Gasteiger partial charge in [0.15, 0.2) is 11.0 Å². The molecule has 0 aliphatic heterocycles. The number of rotatable bonds is 3. The van der Waals surface area contributed by atoms with Crippen molar-refractivity contribution in [3.8, 4) is 0 Å². The van der Waals surface area contributed by atoms with Crippen LogP contribution in [0.2, 0.25) is 5.15 Å². The van der Waals surface area contributed by atoms with Crippen LogP contribution in [0, 0.1) is 0 Å². The molecule has 100 valence electrons. The van der Waals surface area contributed by atoms with E-state index in [1.54, 1.807) is 0 Å². The molecule has 0 radical (unpaired) electrons. The zero-order chi connectivity index (χ0) is 14.0. The van der Waals surface area contributed by atoms with Gasteiger partial charge in [-0.2, -0.15) is 0 Å². The molecule has 2 aromatic rings. The second-order valence-electron chi connectivity index (χ2n) is 3.54. The molecule has 0 aliphatic rings. The van der Waals surface area contributed by atoms with E-state index in [1.165, 1.54) is 30.3 Å². The highest BCUT2D eigenvalue weighted by Crippen LogP contribution is 2.25. The molecule has 19 heavy (non-hydrogen) atoms. The van der Waals surface area contributed by atoms with E-state index in [-0.39, 0.29) is 15.9 Å². The number of hydrogen-bond acceptors (Lipinski definition) is 5. The Morgan fingerprint density at radius 1 is 1.21 bits per heavy atom. The lowest BCUT2D eigenvalue weighted by Crippen LogP contribution is -2.15. The van der Waals surface area contributed by atoms with Crippen molar-refractivity contribution in [1.82, 2.24) is 10.2 Å². The maximum absolute atomic E-state index is 12.1. The Morgan fingerprint density at radius 2 is 1.95 bits per heavy atom. The Labute approximate surface area is 123 Å². The first-order valence-corrected chi connectivity index (χ1v) is 7.61. The van der Waals surface area contributed by atoms with Crippen LogP contribution in [0.3, 0.4) is 0 Å². The van der Waals surface area contributed by atoms with E-state index in [9.17, 15) is 8.42 Å². The number of nitrogens with two attached hydrogens (primary N) is 1. The average Bonchev–Trinajstić information content (AvgIpc) is 2.31. The lowest BCUT2D eigenvalue weighted by atomic mass is 10.3. The van der Waals surface area contributed by atoms with E-state index in [2.05, 4.69) is 30.8 Å². The van der Waals surface area contributed by atoms with Gasteiger partial charge in [0.05, 0.1) is 0 Å². The lowest BCUT2D eigenvalue weighted by Gasteiger charge is -2.08. The molecule has 0 spiro atoms. The highest BCUT2D eigenvalue weighted by atomic mass is 79.9. The van der Waals surface area contributed by atoms with Crippen LogP contribution < -0.4 is 10.5 Å². The van der Waals surface area contributed by atoms with Gasteiger partial charge in [0.1, 0.15) is 4.90 Å². The highest BCUT2D eigenvalue weighted by molar-refractivity contribution is 9.10. The summed E-state index contributed by atoms with van der Waals surface area (Å²) >= 11 is 8.72. The Morgan fingerprint density at radius 3 is 2.53 bits per heavy atom. The summed E-state index contributed by atoms with van der Waals surface area (Å²) in [4.78, 5) is 0.0541. The minimum Gasteiger partial charge on any atom is -0.399 e. The Bertz CT molecular complexity index is 706. The largest absolute Gasteiger partial charge is 0.399 e. The third-order valence-electron chi connectivity index (χ3n) is 2.12. The zero-order valence-electron chi connectivity index (χ0n) is 9.34. The van der Waals surface area contributed by atoms with Gasteiger partial charge in [0.2, 0.25) is 0 Å². The minimum atomic E-state index is -3.77. The van der Waals surface area contributed by atoms with E-state index in [4.69, 9.17) is 17.3 Å². The fourth-order valence-electron chi connectivity index (χ4n) is 1.30. The van der Waals surface area contributed by atoms with Crippen molar-refractivity contribution in [2.75, 3.05) is 10.5 Å². The number of aromatic nitrogens is 2. The minimum absolute atomic E-state index is 0.0541. The second kappa shape index (κ2) is 5.32. The highest BCUT2D eigenvalue weighted by Gasteiger charge is 2.18. The van der Waals surface area contributed by atoms with Crippen LogP contribution in [0.25, 0.3) is 0 Å². The predicted octanol–water partition coefficient (Wildman–Crippen LogP) is 2.28. The van der Waals surface area contributed by atoms with Crippen LogP contribution in [0.15, 0.2) is 39.7 Å². The summed E-state index contributed by atoms with van der Waals surface area (Å²) in [6.45, 7) is 0. The van der Waals surface area contributed by atoms with Crippen molar-refractivity contribution in [2.45, 2.75) is 4.90 Å². The normalized spacial score (nSPS) is 11.3. The third kappa shape index (κ3) is 3.34. The molecule has 0 amide bonds. The molecule has 2 rings (SSSR count). The lowest BCUT2D eigenvalue weighted by molar-refractivity contribution is 0.600. The van der Waals surface area contributed by atoms with Crippen LogP contribution in [-0.4, -0.2) is 18.6 Å². The van der Waals surface area contributed by atoms with Gasteiger partial charge in [-0.15, -0.1) is 10.2 Å². The van der Waals surface area contributed by atoms with Gasteiger partial charge in [0.25, 0.3) is 10.0 Å². The molecule has 0 unspecified atom stereocenters. The van der Waals surface area contributed by atoms with Crippen molar-refractivity contribution in [1.29, 1.82) is 0 Å². The number of halogens is 2. The summed E-state index contributed by atoms with van der Waals surface area (Å²) in [6, 6.07) is 7.24. The fraction of sp³-hybridized carbons (Fsp3) is 0. The fourth-order valence-corrected chi connectivity index (χ4v) is 3.49. The Balaban J connectivity index is 2.35. The molecule has 0 fully saturated rings. The number of benzene rings is 1. The van der Waals surface area contributed by atoms with Gasteiger partial charge in [-0.3, -0.25) is 4.72 Å². The van der Waals surface area contributed by atoms with Gasteiger partial charge >= 0.3 is 0 Å². The zero-order valence-corrected chi connectivity index (χ0v) is 12.5. The SMILES string of the molecule is Nc1ccc(S(=O)(=O)Nc2ccc(Cl)nn2)c(Br)c1. The van der Waals surface area contributed by atoms with Crippen LogP contribution in [0.5, 0.6) is 0 Å². The summed E-state index contributed by atoms with van der Waals surface area (Å²) in [5.74, 6) is 0.0770. The number of nitrogens with zero attached hydrogens (tertiary/aromatic N) is 2. The Hall–Kier alpha value is -1.38. The van der Waals surface area contributed by atoms with Crippen molar-refractivity contribution in [3.63, 3.8) is 0 Å². The van der Waals surface area contributed by atoms with E-state index in [1.807, 2.05) is 0 Å². The molecule has 0 saturated heterocycles. The second-order valence-corrected chi connectivity index (χ2v) is 6.43. The van der Waals surface area contributed by atoms with Gasteiger partial charge in [-0.05, 0) is 46.3 Å². The molecular weight excluding hydrogens is 356 g/mol. The van der Waals surface area contributed by atoms with Crippen LogP contribution in [0.1, 0.15) is 0 Å². The number of anilines is 2. The molecule has 1 heterocycles. The molecule has 0 aliphatic carbocycles. The number of sulfonamides is 1. The summed E-state index contributed by atoms with van der Waals surface area (Å²) in [6.07, 6.45) is 0. The average molecular weight is 364 g/mol. The van der Waals surface area contributed by atoms with Crippen LogP contribution >= 0.6 is 27.5 Å². The Kier molecular flexibility index (Phi) is 3.93. The van der Waals surface area contributed by atoms with E-state index >= 15 is 0 Å². The number of hydrogen-bond donors (Lipinski definition) is 2. The first-order chi connectivity index (χ1) is 8.88. The van der Waals surface area contributed by atoms with Crippen molar-refractivity contribution >= 4 is 49.1 Å². The third-order valence-corrected chi connectivity index (χ3v) is 4.65. The van der Waals surface area contributed by atoms with Gasteiger partial charge in [0, 0.05) is 10.2 Å². The molecule has 0 bridgehead atoms. The molecule has 0 saturated carbocycles. The molecule has 9 heteroatoms. The summed E-state index contributed by atoms with van der Waals surface area (Å²) in [7, 11) is -3.77. The van der Waals surface area contributed by atoms with E-state index in [0.717, 1.165) is 0 Å². The quantitative estimate of drug-likeness (QED) is 0.815. The number of nitrogens with one attached hydrogen (secondary N) is 1. The number of nitrogen functional groups attached to an aromatic ring is 1. The summed E-state index contributed by atoms with van der Waals surface area (Å²) in [5, 5.41) is 7.35. The van der Waals surface area contributed by atoms with E-state index < -0.39 is 10.0 Å². The molecule has 3 N–H and O–H groups in total. The maximum atomic E-state index is 12.1. The monoisotopic (exact) mass is 362 g/mol. The standard InChI is InChI=1S/C10H8BrClN4O2S/c11-7-5-6(13)1-2-8(7)19(17,18)16-10-4-3-9(12)14-15-10/h1-5H,13H2,(H,15,16). The van der Waals surface area contributed by atoms with E-state index in [0.29, 0.717) is 10.2 Å². The van der Waals surface area contributed by atoms with Gasteiger partial charge in [-0.1, -0.05) is 11.6 Å². The maximum Gasteiger partial charge on any atom is 0.264 e. The predicted molar refractivity (Wildman–Crippen MR) is 76.4 cm³/mol. The molecule has 1 aromatic carbocycles. The van der Waals surface area contributed by atoms with Crippen molar-refractivity contribution < 1.29 is 8.42 Å². The molecular formula is C10H8BrClN4O2S. The van der Waals surface area contributed by atoms with Crippen LogP contribution in [0.4, 0.5) is 11.5 Å². The molecule has 6 nitrogen and oxygen atoms in total. The van der Waals surface area contributed by atoms with Gasteiger partial charge in [-0.25, -0.2) is 8.42 Å². The summed E-state index contributed by atoms with van der Waals surface area (Å²) in [5.41, 5.74) is 6.01. The van der Waals surface area contributed by atoms with Gasteiger partial charge < -0.3 is 5.73 Å². The topological polar surface area (TPSA) is 98.0 Å².